The maximum atomic E-state index is 5.97. The Kier molecular flexibility index (Phi) is 3.04. The Labute approximate surface area is 89.5 Å². The first kappa shape index (κ1) is 10.2. The molecule has 0 radical (unpaired) electrons. The summed E-state index contributed by atoms with van der Waals surface area (Å²) < 4.78 is 0. The zero-order chi connectivity index (χ0) is 10.7. The summed E-state index contributed by atoms with van der Waals surface area (Å²) in [5.41, 5.74) is 13.9. The topological polar surface area (TPSA) is 67.8 Å². The molecule has 0 saturated carbocycles. The Balaban J connectivity index is 2.21. The summed E-state index contributed by atoms with van der Waals surface area (Å²) in [6.45, 7) is 0.656. The molecule has 1 heterocycles. The fraction of sp³-hybridized carbons (Fsp3) is 0.333. The van der Waals surface area contributed by atoms with Crippen molar-refractivity contribution < 1.29 is 0 Å². The van der Waals surface area contributed by atoms with Crippen LogP contribution in [0.15, 0.2) is 30.5 Å². The Morgan fingerprint density at radius 2 is 2.07 bits per heavy atom. The van der Waals surface area contributed by atoms with E-state index in [1.54, 1.807) is 0 Å². The van der Waals surface area contributed by atoms with Crippen LogP contribution in [0.5, 0.6) is 0 Å². The van der Waals surface area contributed by atoms with E-state index in [1.165, 1.54) is 16.5 Å². The van der Waals surface area contributed by atoms with Crippen LogP contribution in [-0.2, 0) is 6.42 Å². The van der Waals surface area contributed by atoms with Gasteiger partial charge in [0.05, 0.1) is 0 Å². The van der Waals surface area contributed by atoms with Crippen LogP contribution in [0.1, 0.15) is 12.0 Å². The standard InChI is InChI=1S/C12H17N3/c13-6-5-10(14)7-9-8-15-12-4-2-1-3-11(9)12/h1-4,8,10,15H,5-7,13-14H2. The average Bonchev–Trinajstić information content (AvgIpc) is 2.62. The van der Waals surface area contributed by atoms with Gasteiger partial charge in [-0.25, -0.2) is 0 Å². The molecule has 0 bridgehead atoms. The lowest BCUT2D eigenvalue weighted by atomic mass is 10.0. The van der Waals surface area contributed by atoms with Crippen molar-refractivity contribution in [1.82, 2.24) is 4.98 Å². The van der Waals surface area contributed by atoms with Crippen LogP contribution in [0.2, 0.25) is 0 Å². The number of fused-ring (bicyclic) bond motifs is 1. The molecule has 1 aromatic heterocycles. The van der Waals surface area contributed by atoms with Gasteiger partial charge in [-0.15, -0.1) is 0 Å². The molecule has 0 amide bonds. The Morgan fingerprint density at radius 3 is 2.87 bits per heavy atom. The third-order valence-corrected chi connectivity index (χ3v) is 2.69. The van der Waals surface area contributed by atoms with Gasteiger partial charge in [0.1, 0.15) is 0 Å². The molecule has 2 aromatic rings. The van der Waals surface area contributed by atoms with Gasteiger partial charge in [-0.1, -0.05) is 18.2 Å². The highest BCUT2D eigenvalue weighted by molar-refractivity contribution is 5.83. The molecule has 0 saturated heterocycles. The summed E-state index contributed by atoms with van der Waals surface area (Å²) in [4.78, 5) is 3.25. The van der Waals surface area contributed by atoms with Gasteiger partial charge in [-0.3, -0.25) is 0 Å². The van der Waals surface area contributed by atoms with Crippen LogP contribution in [0.25, 0.3) is 10.9 Å². The van der Waals surface area contributed by atoms with Crippen LogP contribution in [-0.4, -0.2) is 17.6 Å². The Morgan fingerprint density at radius 1 is 1.27 bits per heavy atom. The quantitative estimate of drug-likeness (QED) is 0.703. The number of H-pyrrole nitrogens is 1. The first-order chi connectivity index (χ1) is 7.31. The highest BCUT2D eigenvalue weighted by atomic mass is 14.7. The molecule has 0 fully saturated rings. The Hall–Kier alpha value is -1.32. The third-order valence-electron chi connectivity index (χ3n) is 2.69. The highest BCUT2D eigenvalue weighted by Gasteiger charge is 2.07. The minimum absolute atomic E-state index is 0.161. The molecule has 1 atom stereocenters. The van der Waals surface area contributed by atoms with Gasteiger partial charge in [-0.2, -0.15) is 0 Å². The van der Waals surface area contributed by atoms with Crippen LogP contribution in [0, 0.1) is 0 Å². The Bertz CT molecular complexity index is 433. The summed E-state index contributed by atoms with van der Waals surface area (Å²) in [5, 5.41) is 1.27. The van der Waals surface area contributed by atoms with Gasteiger partial charge in [0.25, 0.3) is 0 Å². The van der Waals surface area contributed by atoms with E-state index in [4.69, 9.17) is 11.5 Å². The van der Waals surface area contributed by atoms with Crippen LogP contribution in [0.4, 0.5) is 0 Å². The van der Waals surface area contributed by atoms with E-state index in [-0.39, 0.29) is 6.04 Å². The summed E-state index contributed by atoms with van der Waals surface area (Å²) in [5.74, 6) is 0. The summed E-state index contributed by atoms with van der Waals surface area (Å²) in [7, 11) is 0. The van der Waals surface area contributed by atoms with Crippen molar-refractivity contribution >= 4 is 10.9 Å². The van der Waals surface area contributed by atoms with Gasteiger partial charge in [0.2, 0.25) is 0 Å². The molecule has 0 aliphatic rings. The van der Waals surface area contributed by atoms with E-state index in [0.717, 1.165) is 12.8 Å². The number of hydrogen-bond acceptors (Lipinski definition) is 2. The first-order valence-corrected chi connectivity index (χ1v) is 5.32. The number of hydrogen-bond donors (Lipinski definition) is 3. The van der Waals surface area contributed by atoms with E-state index >= 15 is 0 Å². The zero-order valence-corrected chi connectivity index (χ0v) is 8.74. The lowest BCUT2D eigenvalue weighted by Crippen LogP contribution is -2.25. The first-order valence-electron chi connectivity index (χ1n) is 5.32. The number of nitrogens with one attached hydrogen (secondary N) is 1. The number of para-hydroxylation sites is 1. The second-order valence-corrected chi connectivity index (χ2v) is 3.90. The maximum absolute atomic E-state index is 5.97. The summed E-state index contributed by atoms with van der Waals surface area (Å²) >= 11 is 0. The fourth-order valence-electron chi connectivity index (χ4n) is 1.90. The lowest BCUT2D eigenvalue weighted by molar-refractivity contribution is 0.621. The second-order valence-electron chi connectivity index (χ2n) is 3.90. The number of aromatic nitrogens is 1. The molecule has 5 N–H and O–H groups in total. The number of rotatable bonds is 4. The predicted molar refractivity (Wildman–Crippen MR) is 63.6 cm³/mol. The molecule has 1 aromatic carbocycles. The molecule has 1 unspecified atom stereocenters. The molecule has 15 heavy (non-hydrogen) atoms. The minimum atomic E-state index is 0.161. The van der Waals surface area contributed by atoms with Crippen LogP contribution in [0.3, 0.4) is 0 Å². The van der Waals surface area contributed by atoms with Crippen molar-refractivity contribution in [2.75, 3.05) is 6.54 Å². The van der Waals surface area contributed by atoms with Crippen molar-refractivity contribution in [2.45, 2.75) is 18.9 Å². The zero-order valence-electron chi connectivity index (χ0n) is 8.74. The largest absolute Gasteiger partial charge is 0.361 e. The maximum Gasteiger partial charge on any atom is 0.0456 e. The van der Waals surface area contributed by atoms with Crippen molar-refractivity contribution in [2.24, 2.45) is 11.5 Å². The van der Waals surface area contributed by atoms with Crippen molar-refractivity contribution in [3.63, 3.8) is 0 Å². The molecule has 3 nitrogen and oxygen atoms in total. The second kappa shape index (κ2) is 4.47. The summed E-state index contributed by atoms with van der Waals surface area (Å²) in [6.07, 6.45) is 3.81. The van der Waals surface area contributed by atoms with Crippen LogP contribution < -0.4 is 11.5 Å². The molecule has 0 aliphatic carbocycles. The SMILES string of the molecule is NCCC(N)Cc1c[nH]c2ccccc12. The molecule has 2 rings (SSSR count). The number of benzene rings is 1. The average molecular weight is 203 g/mol. The molecular weight excluding hydrogens is 186 g/mol. The van der Waals surface area contributed by atoms with Gasteiger partial charge < -0.3 is 16.5 Å². The van der Waals surface area contributed by atoms with Gasteiger partial charge >= 0.3 is 0 Å². The number of aromatic amines is 1. The molecule has 3 heteroatoms. The fourth-order valence-corrected chi connectivity index (χ4v) is 1.90. The lowest BCUT2D eigenvalue weighted by Gasteiger charge is -2.08. The minimum Gasteiger partial charge on any atom is -0.361 e. The summed E-state index contributed by atoms with van der Waals surface area (Å²) in [6, 6.07) is 8.44. The molecule has 0 spiro atoms. The van der Waals surface area contributed by atoms with Crippen molar-refractivity contribution in [3.05, 3.63) is 36.0 Å². The van der Waals surface area contributed by atoms with Gasteiger partial charge in [0.15, 0.2) is 0 Å². The highest BCUT2D eigenvalue weighted by Crippen LogP contribution is 2.18. The van der Waals surface area contributed by atoms with E-state index in [1.807, 2.05) is 18.3 Å². The van der Waals surface area contributed by atoms with E-state index < -0.39 is 0 Å². The van der Waals surface area contributed by atoms with E-state index in [0.29, 0.717) is 6.54 Å². The van der Waals surface area contributed by atoms with Crippen molar-refractivity contribution in [1.29, 1.82) is 0 Å². The monoisotopic (exact) mass is 203 g/mol. The van der Waals surface area contributed by atoms with Crippen LogP contribution >= 0.6 is 0 Å². The third kappa shape index (κ3) is 2.19. The molecule has 0 aliphatic heterocycles. The molecule has 80 valence electrons. The van der Waals surface area contributed by atoms with Gasteiger partial charge in [0, 0.05) is 23.1 Å². The van der Waals surface area contributed by atoms with E-state index in [9.17, 15) is 0 Å². The van der Waals surface area contributed by atoms with E-state index in [2.05, 4.69) is 17.1 Å². The van der Waals surface area contributed by atoms with Crippen molar-refractivity contribution in [3.8, 4) is 0 Å². The normalized spacial score (nSPS) is 13.2. The van der Waals surface area contributed by atoms with Gasteiger partial charge in [-0.05, 0) is 31.0 Å². The number of nitrogens with two attached hydrogens (primary N) is 2. The molecular formula is C12H17N3. The smallest absolute Gasteiger partial charge is 0.0456 e. The predicted octanol–water partition coefficient (Wildman–Crippen LogP) is 1.39.